The van der Waals surface area contributed by atoms with E-state index in [9.17, 15) is 0 Å². The Morgan fingerprint density at radius 3 is 2.55 bits per heavy atom. The topological polar surface area (TPSA) is 29.3 Å². The number of halogens is 3. The van der Waals surface area contributed by atoms with E-state index < -0.39 is 0 Å². The van der Waals surface area contributed by atoms with Gasteiger partial charge in [-0.15, -0.1) is 0 Å². The SMILES string of the molecule is Nc1ccc(C2CN(I)Cc3c(Cl)cc(Cl)cc32)cc1. The first kappa shape index (κ1) is 14.4. The van der Waals surface area contributed by atoms with E-state index in [4.69, 9.17) is 28.9 Å². The molecular weight excluding hydrogens is 406 g/mol. The van der Waals surface area contributed by atoms with E-state index in [-0.39, 0.29) is 5.92 Å². The number of nitrogens with zero attached hydrogens (tertiary/aromatic N) is 1. The van der Waals surface area contributed by atoms with Crippen LogP contribution in [-0.4, -0.2) is 9.66 Å². The van der Waals surface area contributed by atoms with Crippen LogP contribution in [0.1, 0.15) is 22.6 Å². The number of hydrogen-bond donors (Lipinski definition) is 1. The second-order valence-corrected chi connectivity index (χ2v) is 7.19. The molecule has 1 atom stereocenters. The smallest absolute Gasteiger partial charge is 0.0469 e. The number of nitrogens with two attached hydrogens (primary N) is 1. The third-order valence-electron chi connectivity index (χ3n) is 3.62. The minimum Gasteiger partial charge on any atom is -0.399 e. The number of hydrogen-bond acceptors (Lipinski definition) is 2. The molecule has 0 saturated heterocycles. The summed E-state index contributed by atoms with van der Waals surface area (Å²) >= 11 is 14.9. The monoisotopic (exact) mass is 418 g/mol. The minimum atomic E-state index is 0.271. The van der Waals surface area contributed by atoms with Gasteiger partial charge in [0.1, 0.15) is 0 Å². The lowest BCUT2D eigenvalue weighted by Crippen LogP contribution is -2.27. The van der Waals surface area contributed by atoms with Crippen LogP contribution in [0.15, 0.2) is 36.4 Å². The lowest BCUT2D eigenvalue weighted by molar-refractivity contribution is 0.449. The summed E-state index contributed by atoms with van der Waals surface area (Å²) in [4.78, 5) is 0. The summed E-state index contributed by atoms with van der Waals surface area (Å²) in [6, 6.07) is 11.9. The van der Waals surface area contributed by atoms with Crippen LogP contribution in [0.25, 0.3) is 0 Å². The van der Waals surface area contributed by atoms with E-state index in [1.54, 1.807) is 0 Å². The summed E-state index contributed by atoms with van der Waals surface area (Å²) in [5, 5.41) is 1.44. The van der Waals surface area contributed by atoms with Gasteiger partial charge in [0.25, 0.3) is 0 Å². The van der Waals surface area contributed by atoms with Crippen molar-refractivity contribution >= 4 is 51.8 Å². The molecule has 1 aliphatic heterocycles. The molecule has 2 nitrogen and oxygen atoms in total. The molecule has 1 unspecified atom stereocenters. The maximum atomic E-state index is 6.36. The van der Waals surface area contributed by atoms with Gasteiger partial charge in [-0.3, -0.25) is 0 Å². The summed E-state index contributed by atoms with van der Waals surface area (Å²) in [7, 11) is 0. The van der Waals surface area contributed by atoms with Gasteiger partial charge in [0.2, 0.25) is 0 Å². The molecule has 2 aromatic rings. The molecule has 1 aliphatic rings. The van der Waals surface area contributed by atoms with Crippen LogP contribution in [0, 0.1) is 0 Å². The predicted molar refractivity (Wildman–Crippen MR) is 93.6 cm³/mol. The molecule has 0 aromatic heterocycles. The highest BCUT2D eigenvalue weighted by molar-refractivity contribution is 14.1. The van der Waals surface area contributed by atoms with E-state index in [2.05, 4.69) is 38.1 Å². The Labute approximate surface area is 142 Å². The van der Waals surface area contributed by atoms with Gasteiger partial charge in [-0.1, -0.05) is 35.3 Å². The molecule has 5 heteroatoms. The van der Waals surface area contributed by atoms with Gasteiger partial charge < -0.3 is 5.73 Å². The zero-order valence-corrected chi connectivity index (χ0v) is 14.3. The Bertz CT molecular complexity index is 643. The molecule has 0 saturated carbocycles. The standard InChI is InChI=1S/C15H13Cl2IN2/c16-10-5-12-13(9-1-3-11(19)4-2-9)7-20(18)8-14(12)15(17)6-10/h1-6,13H,7-8,19H2. The van der Waals surface area contributed by atoms with E-state index in [0.29, 0.717) is 5.02 Å². The van der Waals surface area contributed by atoms with Gasteiger partial charge in [0.15, 0.2) is 0 Å². The van der Waals surface area contributed by atoms with E-state index in [1.807, 2.05) is 24.3 Å². The fourth-order valence-corrected chi connectivity index (χ4v) is 3.95. The van der Waals surface area contributed by atoms with Gasteiger partial charge in [0.05, 0.1) is 0 Å². The fraction of sp³-hybridized carbons (Fsp3) is 0.200. The maximum absolute atomic E-state index is 6.36. The number of anilines is 1. The first-order valence-electron chi connectivity index (χ1n) is 6.28. The van der Waals surface area contributed by atoms with Gasteiger partial charge in [-0.05, 0) is 41.0 Å². The first-order chi connectivity index (χ1) is 9.54. The van der Waals surface area contributed by atoms with Crippen molar-refractivity contribution in [2.24, 2.45) is 0 Å². The van der Waals surface area contributed by atoms with Crippen LogP contribution in [0.4, 0.5) is 5.69 Å². The number of fused-ring (bicyclic) bond motifs is 1. The Balaban J connectivity index is 2.12. The van der Waals surface area contributed by atoms with Crippen LogP contribution >= 0.6 is 46.1 Å². The van der Waals surface area contributed by atoms with E-state index in [1.165, 1.54) is 16.7 Å². The highest BCUT2D eigenvalue weighted by Gasteiger charge is 2.27. The molecule has 1 heterocycles. The highest BCUT2D eigenvalue weighted by atomic mass is 127. The van der Waals surface area contributed by atoms with Crippen molar-refractivity contribution in [2.45, 2.75) is 12.5 Å². The Hall–Kier alpha value is -0.490. The van der Waals surface area contributed by atoms with Gasteiger partial charge in [-0.25, -0.2) is 3.11 Å². The Kier molecular flexibility index (Phi) is 4.13. The van der Waals surface area contributed by atoms with Crippen molar-refractivity contribution < 1.29 is 0 Å². The normalized spacial score (nSPS) is 18.9. The molecule has 2 aromatic carbocycles. The van der Waals surface area contributed by atoms with Crippen LogP contribution in [0.5, 0.6) is 0 Å². The highest BCUT2D eigenvalue weighted by Crippen LogP contribution is 2.39. The van der Waals surface area contributed by atoms with E-state index in [0.717, 1.165) is 23.8 Å². The average Bonchev–Trinajstić information content (AvgIpc) is 2.40. The molecule has 0 bridgehead atoms. The second kappa shape index (κ2) is 5.72. The minimum absolute atomic E-state index is 0.271. The van der Waals surface area contributed by atoms with Gasteiger partial charge >= 0.3 is 0 Å². The summed E-state index contributed by atoms with van der Waals surface area (Å²) in [5.74, 6) is 0.271. The third kappa shape index (κ3) is 2.77. The van der Waals surface area contributed by atoms with Gasteiger partial charge in [0, 0.05) is 57.6 Å². The average molecular weight is 419 g/mol. The predicted octanol–water partition coefficient (Wildman–Crippen LogP) is 4.87. The molecule has 0 fully saturated rings. The van der Waals surface area contributed by atoms with Crippen molar-refractivity contribution in [3.63, 3.8) is 0 Å². The van der Waals surface area contributed by atoms with Crippen molar-refractivity contribution in [2.75, 3.05) is 12.3 Å². The van der Waals surface area contributed by atoms with Crippen LogP contribution in [0.3, 0.4) is 0 Å². The zero-order chi connectivity index (χ0) is 14.3. The quantitative estimate of drug-likeness (QED) is 0.406. The molecular formula is C15H13Cl2IN2. The summed E-state index contributed by atoms with van der Waals surface area (Å²) in [5.41, 5.74) is 10.2. The Morgan fingerprint density at radius 2 is 1.85 bits per heavy atom. The number of benzene rings is 2. The van der Waals surface area contributed by atoms with Crippen LogP contribution < -0.4 is 5.73 Å². The van der Waals surface area contributed by atoms with Crippen molar-refractivity contribution in [1.82, 2.24) is 3.11 Å². The maximum Gasteiger partial charge on any atom is 0.0469 e. The molecule has 20 heavy (non-hydrogen) atoms. The van der Waals surface area contributed by atoms with E-state index >= 15 is 0 Å². The lowest BCUT2D eigenvalue weighted by atomic mass is 9.85. The van der Waals surface area contributed by atoms with Gasteiger partial charge in [-0.2, -0.15) is 0 Å². The van der Waals surface area contributed by atoms with Crippen molar-refractivity contribution in [3.8, 4) is 0 Å². The number of rotatable bonds is 1. The molecule has 104 valence electrons. The summed E-state index contributed by atoms with van der Waals surface area (Å²) < 4.78 is 2.25. The fourth-order valence-electron chi connectivity index (χ4n) is 2.65. The molecule has 0 amide bonds. The molecule has 3 rings (SSSR count). The first-order valence-corrected chi connectivity index (χ1v) is 8.00. The van der Waals surface area contributed by atoms with Crippen LogP contribution in [-0.2, 0) is 6.54 Å². The van der Waals surface area contributed by atoms with Crippen molar-refractivity contribution in [1.29, 1.82) is 0 Å². The molecule has 0 radical (unpaired) electrons. The lowest BCUT2D eigenvalue weighted by Gasteiger charge is -2.32. The van der Waals surface area contributed by atoms with Crippen LogP contribution in [0.2, 0.25) is 10.0 Å². The summed E-state index contributed by atoms with van der Waals surface area (Å²) in [6.45, 7) is 1.78. The second-order valence-electron chi connectivity index (χ2n) is 4.98. The summed E-state index contributed by atoms with van der Waals surface area (Å²) in [6.07, 6.45) is 0. The molecule has 0 aliphatic carbocycles. The number of nitrogen functional groups attached to an aromatic ring is 1. The third-order valence-corrected chi connectivity index (χ3v) is 4.91. The zero-order valence-electron chi connectivity index (χ0n) is 10.6. The van der Waals surface area contributed by atoms with Crippen molar-refractivity contribution in [3.05, 3.63) is 63.1 Å². The Morgan fingerprint density at radius 1 is 1.15 bits per heavy atom. The molecule has 0 spiro atoms. The molecule has 2 N–H and O–H groups in total. The largest absolute Gasteiger partial charge is 0.399 e.